The van der Waals surface area contributed by atoms with Crippen LogP contribution in [-0.4, -0.2) is 43.3 Å². The van der Waals surface area contributed by atoms with Crippen molar-refractivity contribution in [3.63, 3.8) is 0 Å². The van der Waals surface area contributed by atoms with Gasteiger partial charge in [-0.25, -0.2) is 20.1 Å². The molecular weight excluding hydrogens is 501 g/mol. The largest absolute Gasteiger partial charge is 0.244 e. The minimum atomic E-state index is -0.548. The van der Waals surface area contributed by atoms with Crippen molar-refractivity contribution in [2.75, 3.05) is 13.1 Å². The highest BCUT2D eigenvalue weighted by Crippen LogP contribution is 2.24. The van der Waals surface area contributed by atoms with Gasteiger partial charge in [0.2, 0.25) is 0 Å². The molecule has 0 amide bonds. The van der Waals surface area contributed by atoms with Gasteiger partial charge in [0.1, 0.15) is 10.3 Å². The third-order valence-corrected chi connectivity index (χ3v) is 6.29. The van der Waals surface area contributed by atoms with Crippen molar-refractivity contribution >= 4 is 23.2 Å². The summed E-state index contributed by atoms with van der Waals surface area (Å²) in [6, 6.07) is 7.20. The van der Waals surface area contributed by atoms with Crippen LogP contribution in [0.3, 0.4) is 0 Å². The van der Waals surface area contributed by atoms with Crippen molar-refractivity contribution in [1.82, 2.24) is 30.7 Å². The Bertz CT molecular complexity index is 1000. The summed E-state index contributed by atoms with van der Waals surface area (Å²) in [6.07, 6.45) is 10.9. The van der Waals surface area contributed by atoms with Crippen LogP contribution in [0.15, 0.2) is 60.0 Å². The highest BCUT2D eigenvalue weighted by molar-refractivity contribution is 6.29. The van der Waals surface area contributed by atoms with Gasteiger partial charge in [0, 0.05) is 38.6 Å². The fourth-order valence-corrected chi connectivity index (χ4v) is 4.30. The third-order valence-electron chi connectivity index (χ3n) is 5.84. The van der Waals surface area contributed by atoms with E-state index in [-0.39, 0.29) is 5.92 Å². The average molecular weight is 534 g/mol. The molecule has 0 spiro atoms. The molecule has 2 aromatic heterocycles. The fraction of sp³-hybridized carbons (Fsp3) is 0.440. The van der Waals surface area contributed by atoms with E-state index in [9.17, 15) is 10.1 Å². The maximum absolute atomic E-state index is 11.5. The lowest BCUT2D eigenvalue weighted by Crippen LogP contribution is -2.66. The van der Waals surface area contributed by atoms with E-state index in [1.54, 1.807) is 24.5 Å². The lowest BCUT2D eigenvalue weighted by Gasteiger charge is -2.46. The molecule has 3 rings (SSSR count). The summed E-state index contributed by atoms with van der Waals surface area (Å²) in [5.74, 6) is 0.258. The molecule has 11 heteroatoms. The second-order valence-corrected chi connectivity index (χ2v) is 10.1. The van der Waals surface area contributed by atoms with Crippen molar-refractivity contribution in [3.05, 3.63) is 91.5 Å². The highest BCUT2D eigenvalue weighted by Gasteiger charge is 2.35. The van der Waals surface area contributed by atoms with Crippen LogP contribution in [0.2, 0.25) is 10.3 Å². The van der Waals surface area contributed by atoms with Gasteiger partial charge in [0.15, 0.2) is 5.03 Å². The van der Waals surface area contributed by atoms with E-state index < -0.39 is 5.03 Å². The predicted molar refractivity (Wildman–Crippen MR) is 142 cm³/mol. The topological polar surface area (TPSA) is 90.7 Å². The van der Waals surface area contributed by atoms with Crippen LogP contribution < -0.4 is 5.53 Å². The maximum Gasteiger partial charge on any atom is 0.176 e. The highest BCUT2D eigenvalue weighted by atomic mass is 35.5. The summed E-state index contributed by atoms with van der Waals surface area (Å²) in [5, 5.41) is 17.1. The molecule has 36 heavy (non-hydrogen) atoms. The summed E-state index contributed by atoms with van der Waals surface area (Å²) in [6.45, 7) is 8.52. The number of halogens is 2. The van der Waals surface area contributed by atoms with Gasteiger partial charge in [-0.05, 0) is 80.0 Å². The standard InChI is InChI=1S/C25H33Cl2N7O2/c1-19(2)5-4-6-20(3)7-8-23-17-31(15-21-9-11-24(26)28-13-21)33(30-34(35)36)32(18-23)16-22-10-12-25(27)29-14-22/h5,7,9-14,23,30H,4,6,8,15-18H2,1-3H3/b20-7+. The Hall–Kier alpha value is -2.56. The number of hydrogen-bond donors (Lipinski definition) is 1. The van der Waals surface area contributed by atoms with E-state index in [4.69, 9.17) is 23.2 Å². The number of allylic oxidation sites excluding steroid dienone is 4. The average Bonchev–Trinajstić information content (AvgIpc) is 2.82. The summed E-state index contributed by atoms with van der Waals surface area (Å²) in [7, 11) is 0. The lowest BCUT2D eigenvalue weighted by atomic mass is 10.00. The first kappa shape index (κ1) is 28.0. The van der Waals surface area contributed by atoms with Gasteiger partial charge in [-0.15, -0.1) is 0 Å². The SMILES string of the molecule is CC(C)=CCC/C(C)=C/CC1CN(Cc2ccc(Cl)nc2)N(N[N+](=O)[O-])N(Cc2ccc(Cl)nc2)C1. The molecule has 0 saturated carbocycles. The van der Waals surface area contributed by atoms with Crippen LogP contribution in [-0.2, 0) is 13.1 Å². The molecule has 1 aliphatic rings. The number of pyridine rings is 2. The van der Waals surface area contributed by atoms with Crippen molar-refractivity contribution in [2.45, 2.75) is 53.1 Å². The van der Waals surface area contributed by atoms with Gasteiger partial charge in [0.05, 0.1) is 0 Å². The number of nitrogens with one attached hydrogen (secondary N) is 1. The molecule has 0 aromatic carbocycles. The van der Waals surface area contributed by atoms with E-state index in [0.717, 1.165) is 30.4 Å². The number of nitro groups is 1. The fourth-order valence-electron chi connectivity index (χ4n) is 4.08. The molecule has 194 valence electrons. The number of hydrazine groups is 4. The molecule has 1 N–H and O–H groups in total. The van der Waals surface area contributed by atoms with Gasteiger partial charge >= 0.3 is 0 Å². The first-order valence-corrected chi connectivity index (χ1v) is 12.7. The molecule has 3 heterocycles. The Morgan fingerprint density at radius 1 is 1.03 bits per heavy atom. The van der Waals surface area contributed by atoms with Crippen LogP contribution in [0, 0.1) is 16.0 Å². The first-order chi connectivity index (χ1) is 17.2. The smallest absolute Gasteiger partial charge is 0.176 e. The van der Waals surface area contributed by atoms with Crippen LogP contribution >= 0.6 is 23.2 Å². The number of rotatable bonds is 11. The lowest BCUT2D eigenvalue weighted by molar-refractivity contribution is -0.613. The quantitative estimate of drug-likeness (QED) is 0.172. The second kappa shape index (κ2) is 13.7. The molecule has 0 atom stereocenters. The molecule has 1 fully saturated rings. The van der Waals surface area contributed by atoms with E-state index in [1.165, 1.54) is 16.4 Å². The number of hydrogen-bond acceptors (Lipinski definition) is 7. The molecule has 1 aliphatic heterocycles. The predicted octanol–water partition coefficient (Wildman–Crippen LogP) is 5.63. The zero-order valence-corrected chi connectivity index (χ0v) is 22.4. The Morgan fingerprint density at radius 3 is 2.03 bits per heavy atom. The van der Waals surface area contributed by atoms with Gasteiger partial charge < -0.3 is 0 Å². The van der Waals surface area contributed by atoms with E-state index >= 15 is 0 Å². The minimum Gasteiger partial charge on any atom is -0.244 e. The monoisotopic (exact) mass is 533 g/mol. The van der Waals surface area contributed by atoms with Gasteiger partial charge in [-0.1, -0.05) is 58.6 Å². The number of nitrogens with zero attached hydrogens (tertiary/aromatic N) is 6. The van der Waals surface area contributed by atoms with E-state index in [2.05, 4.69) is 48.4 Å². The Kier molecular flexibility index (Phi) is 10.6. The Balaban J connectivity index is 1.81. The molecular formula is C25H33Cl2N7O2. The van der Waals surface area contributed by atoms with Gasteiger partial charge in [-0.3, -0.25) is 0 Å². The van der Waals surface area contributed by atoms with E-state index in [1.807, 2.05) is 22.2 Å². The molecule has 0 radical (unpaired) electrons. The third kappa shape index (κ3) is 9.15. The Labute approximate surface area is 222 Å². The molecule has 1 saturated heterocycles. The van der Waals surface area contributed by atoms with Crippen LogP contribution in [0.25, 0.3) is 0 Å². The zero-order chi connectivity index (χ0) is 26.1. The maximum atomic E-state index is 11.5. The molecule has 9 nitrogen and oxygen atoms in total. The number of aromatic nitrogens is 2. The van der Waals surface area contributed by atoms with Crippen LogP contribution in [0.1, 0.15) is 51.2 Å². The summed E-state index contributed by atoms with van der Waals surface area (Å²) < 4.78 is 0. The summed E-state index contributed by atoms with van der Waals surface area (Å²) in [4.78, 5) is 19.8. The molecule has 0 unspecified atom stereocenters. The van der Waals surface area contributed by atoms with Gasteiger partial charge in [-0.2, -0.15) is 10.0 Å². The van der Waals surface area contributed by atoms with Crippen molar-refractivity contribution in [1.29, 1.82) is 0 Å². The van der Waals surface area contributed by atoms with Crippen LogP contribution in [0.4, 0.5) is 0 Å². The van der Waals surface area contributed by atoms with Gasteiger partial charge in [0.25, 0.3) is 0 Å². The second-order valence-electron chi connectivity index (χ2n) is 9.29. The minimum absolute atomic E-state index is 0.258. The van der Waals surface area contributed by atoms with Crippen molar-refractivity contribution in [2.24, 2.45) is 5.92 Å². The zero-order valence-electron chi connectivity index (χ0n) is 20.9. The molecule has 2 aromatic rings. The summed E-state index contributed by atoms with van der Waals surface area (Å²) >= 11 is 11.9. The summed E-state index contributed by atoms with van der Waals surface area (Å²) in [5.41, 5.74) is 6.84. The molecule has 0 aliphatic carbocycles. The first-order valence-electron chi connectivity index (χ1n) is 11.9. The normalized spacial score (nSPS) is 16.2. The molecule has 0 bridgehead atoms. The van der Waals surface area contributed by atoms with Crippen molar-refractivity contribution < 1.29 is 5.03 Å². The van der Waals surface area contributed by atoms with Crippen LogP contribution in [0.5, 0.6) is 0 Å². The van der Waals surface area contributed by atoms with E-state index in [0.29, 0.717) is 36.5 Å². The Morgan fingerprint density at radius 2 is 1.58 bits per heavy atom. The van der Waals surface area contributed by atoms with Crippen molar-refractivity contribution in [3.8, 4) is 0 Å².